The Balaban J connectivity index is 2.33. The lowest BCUT2D eigenvalue weighted by atomic mass is 9.76. The number of rotatable bonds is 8. The maximum atomic E-state index is 11.9. The molecule has 0 fully saturated rings. The van der Waals surface area contributed by atoms with Gasteiger partial charge in [0.05, 0.1) is 6.10 Å². The zero-order valence-corrected chi connectivity index (χ0v) is 14.1. The zero-order valence-electron chi connectivity index (χ0n) is 13.3. The van der Waals surface area contributed by atoms with E-state index in [1.807, 2.05) is 16.8 Å². The van der Waals surface area contributed by atoms with Gasteiger partial charge in [0.2, 0.25) is 5.91 Å². The molecule has 0 radical (unpaired) electrons. The zero-order chi connectivity index (χ0) is 15.9. The first-order valence-electron chi connectivity index (χ1n) is 7.51. The summed E-state index contributed by atoms with van der Waals surface area (Å²) in [5.74, 6) is 0.436. The van der Waals surface area contributed by atoms with Gasteiger partial charge in [0.15, 0.2) is 0 Å². The lowest BCUT2D eigenvalue weighted by molar-refractivity contribution is -0.122. The average Bonchev–Trinajstić information content (AvgIpc) is 2.93. The van der Waals surface area contributed by atoms with Crippen molar-refractivity contribution in [1.29, 1.82) is 0 Å². The summed E-state index contributed by atoms with van der Waals surface area (Å²) in [5, 5.41) is 16.5. The molecule has 2 unspecified atom stereocenters. The van der Waals surface area contributed by atoms with Crippen LogP contribution in [-0.2, 0) is 4.79 Å². The van der Waals surface area contributed by atoms with Crippen molar-refractivity contribution in [3.63, 3.8) is 0 Å². The van der Waals surface area contributed by atoms with Gasteiger partial charge >= 0.3 is 0 Å². The van der Waals surface area contributed by atoms with Gasteiger partial charge in [-0.2, -0.15) is 11.3 Å². The highest BCUT2D eigenvalue weighted by Crippen LogP contribution is 2.32. The fraction of sp³-hybridized carbons (Fsp3) is 0.688. The second-order valence-corrected chi connectivity index (χ2v) is 7.34. The number of aliphatic hydroxyl groups excluding tert-OH is 1. The van der Waals surface area contributed by atoms with Crippen LogP contribution in [0.1, 0.15) is 51.7 Å². The lowest BCUT2D eigenvalue weighted by Gasteiger charge is -2.30. The van der Waals surface area contributed by atoms with Crippen molar-refractivity contribution in [2.24, 2.45) is 17.1 Å². The highest BCUT2D eigenvalue weighted by Gasteiger charge is 2.24. The van der Waals surface area contributed by atoms with Crippen LogP contribution in [0.15, 0.2) is 16.8 Å². The number of hydrogen-bond donors (Lipinski definition) is 3. The molecule has 0 aliphatic rings. The molecular formula is C16H28N2O2S. The fourth-order valence-electron chi connectivity index (χ4n) is 2.40. The van der Waals surface area contributed by atoms with Crippen LogP contribution in [0, 0.1) is 11.3 Å². The highest BCUT2D eigenvalue weighted by atomic mass is 32.1. The third-order valence-electron chi connectivity index (χ3n) is 3.88. The van der Waals surface area contributed by atoms with Crippen LogP contribution in [0.3, 0.4) is 0 Å². The molecule has 120 valence electrons. The van der Waals surface area contributed by atoms with Gasteiger partial charge < -0.3 is 16.2 Å². The molecule has 1 rings (SSSR count). The number of nitrogens with one attached hydrogen (secondary N) is 1. The predicted molar refractivity (Wildman–Crippen MR) is 88.1 cm³/mol. The summed E-state index contributed by atoms with van der Waals surface area (Å²) in [5.41, 5.74) is 6.67. The van der Waals surface area contributed by atoms with Gasteiger partial charge in [-0.05, 0) is 53.1 Å². The van der Waals surface area contributed by atoms with Gasteiger partial charge in [-0.25, -0.2) is 0 Å². The van der Waals surface area contributed by atoms with Crippen molar-refractivity contribution in [3.8, 4) is 0 Å². The van der Waals surface area contributed by atoms with Gasteiger partial charge in [0.25, 0.3) is 0 Å². The fourth-order valence-corrected chi connectivity index (χ4v) is 3.11. The van der Waals surface area contributed by atoms with E-state index in [9.17, 15) is 9.90 Å². The van der Waals surface area contributed by atoms with Crippen molar-refractivity contribution in [2.75, 3.05) is 13.1 Å². The molecule has 0 saturated carbocycles. The Morgan fingerprint density at radius 2 is 2.14 bits per heavy atom. The molecule has 0 aromatic carbocycles. The Bertz CT molecular complexity index is 412. The van der Waals surface area contributed by atoms with E-state index in [1.54, 1.807) is 0 Å². The molecule has 4 nitrogen and oxygen atoms in total. The Kier molecular flexibility index (Phi) is 7.35. The smallest absolute Gasteiger partial charge is 0.220 e. The third-order valence-corrected chi connectivity index (χ3v) is 4.58. The number of carbonyl (C=O) groups is 1. The van der Waals surface area contributed by atoms with Gasteiger partial charge in [0.1, 0.15) is 0 Å². The maximum absolute atomic E-state index is 11.9. The molecule has 0 aliphatic carbocycles. The summed E-state index contributed by atoms with van der Waals surface area (Å²) in [6, 6.07) is 1.87. The van der Waals surface area contributed by atoms with Gasteiger partial charge in [-0.1, -0.05) is 20.8 Å². The first-order valence-corrected chi connectivity index (χ1v) is 8.45. The summed E-state index contributed by atoms with van der Waals surface area (Å²) >= 11 is 1.54. The van der Waals surface area contributed by atoms with Crippen LogP contribution in [0.4, 0.5) is 0 Å². The monoisotopic (exact) mass is 312 g/mol. The van der Waals surface area contributed by atoms with Crippen LogP contribution < -0.4 is 11.1 Å². The second-order valence-electron chi connectivity index (χ2n) is 6.56. The van der Waals surface area contributed by atoms with E-state index in [0.29, 0.717) is 18.9 Å². The molecule has 2 atom stereocenters. The minimum atomic E-state index is -0.623. The Morgan fingerprint density at radius 3 is 2.67 bits per heavy atom. The first-order chi connectivity index (χ1) is 9.84. The number of thiophene rings is 1. The number of carbonyl (C=O) groups excluding carboxylic acids is 1. The lowest BCUT2D eigenvalue weighted by Crippen LogP contribution is -2.30. The van der Waals surface area contributed by atoms with Crippen molar-refractivity contribution >= 4 is 17.2 Å². The first kappa shape index (κ1) is 18.1. The van der Waals surface area contributed by atoms with Crippen LogP contribution in [0.25, 0.3) is 0 Å². The van der Waals surface area contributed by atoms with E-state index in [4.69, 9.17) is 5.73 Å². The SMILES string of the molecule is CC(C)(C)C(CCN)CCC(=O)NCC(O)c1ccsc1. The van der Waals surface area contributed by atoms with Gasteiger partial charge in [0, 0.05) is 13.0 Å². The van der Waals surface area contributed by atoms with E-state index < -0.39 is 6.10 Å². The summed E-state index contributed by atoms with van der Waals surface area (Å²) in [4.78, 5) is 11.9. The van der Waals surface area contributed by atoms with Crippen molar-refractivity contribution in [2.45, 2.75) is 46.1 Å². The van der Waals surface area contributed by atoms with Crippen molar-refractivity contribution in [1.82, 2.24) is 5.32 Å². The summed E-state index contributed by atoms with van der Waals surface area (Å²) in [6.45, 7) is 7.48. The quantitative estimate of drug-likeness (QED) is 0.691. The summed E-state index contributed by atoms with van der Waals surface area (Å²) in [7, 11) is 0. The molecule has 1 aromatic heterocycles. The van der Waals surface area contributed by atoms with E-state index in [2.05, 4.69) is 26.1 Å². The molecule has 5 heteroatoms. The Labute approximate surface area is 131 Å². The predicted octanol–water partition coefficient (Wildman–Crippen LogP) is 2.69. The van der Waals surface area contributed by atoms with Crippen LogP contribution in [0.2, 0.25) is 0 Å². The normalized spacial score (nSPS) is 14.7. The number of hydrogen-bond acceptors (Lipinski definition) is 4. The van der Waals surface area contributed by atoms with E-state index in [0.717, 1.165) is 18.4 Å². The Morgan fingerprint density at radius 1 is 1.43 bits per heavy atom. The molecule has 1 aromatic rings. The number of amides is 1. The summed E-state index contributed by atoms with van der Waals surface area (Å²) < 4.78 is 0. The molecule has 1 amide bonds. The van der Waals surface area contributed by atoms with E-state index in [1.165, 1.54) is 11.3 Å². The molecule has 21 heavy (non-hydrogen) atoms. The minimum Gasteiger partial charge on any atom is -0.387 e. The molecular weight excluding hydrogens is 284 g/mol. The topological polar surface area (TPSA) is 75.4 Å². The molecule has 4 N–H and O–H groups in total. The number of aliphatic hydroxyl groups is 1. The molecule has 0 saturated heterocycles. The van der Waals surface area contributed by atoms with Gasteiger partial charge in [-0.3, -0.25) is 4.79 Å². The second kappa shape index (κ2) is 8.51. The van der Waals surface area contributed by atoms with E-state index in [-0.39, 0.29) is 17.9 Å². The largest absolute Gasteiger partial charge is 0.387 e. The minimum absolute atomic E-state index is 0.00412. The number of nitrogens with two attached hydrogens (primary N) is 1. The van der Waals surface area contributed by atoms with Crippen molar-refractivity contribution < 1.29 is 9.90 Å². The highest BCUT2D eigenvalue weighted by molar-refractivity contribution is 7.07. The Hall–Kier alpha value is -0.910. The van der Waals surface area contributed by atoms with Crippen LogP contribution >= 0.6 is 11.3 Å². The standard InChI is InChI=1S/C16H28N2O2S/c1-16(2,3)13(6-8-17)4-5-15(20)18-10-14(19)12-7-9-21-11-12/h7,9,11,13-14,19H,4-6,8,10,17H2,1-3H3,(H,18,20). The molecule has 0 aliphatic heterocycles. The van der Waals surface area contributed by atoms with Crippen molar-refractivity contribution in [3.05, 3.63) is 22.4 Å². The average molecular weight is 312 g/mol. The van der Waals surface area contributed by atoms with Crippen LogP contribution in [-0.4, -0.2) is 24.1 Å². The van der Waals surface area contributed by atoms with E-state index >= 15 is 0 Å². The molecule has 1 heterocycles. The summed E-state index contributed by atoms with van der Waals surface area (Å²) in [6.07, 6.45) is 1.64. The molecule has 0 spiro atoms. The third kappa shape index (κ3) is 6.59. The molecule has 0 bridgehead atoms. The maximum Gasteiger partial charge on any atom is 0.220 e. The van der Waals surface area contributed by atoms with Crippen LogP contribution in [0.5, 0.6) is 0 Å². The van der Waals surface area contributed by atoms with Gasteiger partial charge in [-0.15, -0.1) is 0 Å².